The van der Waals surface area contributed by atoms with Gasteiger partial charge in [-0.05, 0) is 18.9 Å². The molecule has 1 aliphatic rings. The lowest BCUT2D eigenvalue weighted by molar-refractivity contribution is -0.605. The maximum absolute atomic E-state index is 12.4. The third-order valence-corrected chi connectivity index (χ3v) is 3.51. The van der Waals surface area contributed by atoms with Gasteiger partial charge < -0.3 is 14.8 Å². The van der Waals surface area contributed by atoms with Crippen LogP contribution in [-0.2, 0) is 0 Å². The van der Waals surface area contributed by atoms with Gasteiger partial charge in [-0.1, -0.05) is 0 Å². The van der Waals surface area contributed by atoms with E-state index in [0.29, 0.717) is 29.3 Å². The minimum absolute atomic E-state index is 0.113. The van der Waals surface area contributed by atoms with Crippen LogP contribution >= 0.6 is 0 Å². The Hall–Kier alpha value is -2.70. The third kappa shape index (κ3) is 3.30. The molecule has 22 heavy (non-hydrogen) atoms. The van der Waals surface area contributed by atoms with E-state index in [1.807, 2.05) is 0 Å². The van der Waals surface area contributed by atoms with E-state index in [0.717, 1.165) is 12.8 Å². The summed E-state index contributed by atoms with van der Waals surface area (Å²) in [5.74, 6) is 0.302. The fourth-order valence-corrected chi connectivity index (χ4v) is 2.50. The molecule has 1 saturated heterocycles. The van der Waals surface area contributed by atoms with Gasteiger partial charge in [-0.3, -0.25) is 9.78 Å². The Morgan fingerprint density at radius 2 is 2.36 bits per heavy atom. The van der Waals surface area contributed by atoms with Crippen molar-refractivity contribution in [1.29, 1.82) is 0 Å². The van der Waals surface area contributed by atoms with Gasteiger partial charge in [0.15, 0.2) is 12.4 Å². The van der Waals surface area contributed by atoms with Gasteiger partial charge in [-0.15, -0.1) is 0 Å². The molecule has 0 spiro atoms. The van der Waals surface area contributed by atoms with E-state index < -0.39 is 0 Å². The summed E-state index contributed by atoms with van der Waals surface area (Å²) in [6.45, 7) is 1.13. The smallest absolute Gasteiger partial charge is 0.260 e. The van der Waals surface area contributed by atoms with Crippen molar-refractivity contribution in [3.8, 4) is 5.88 Å². The van der Waals surface area contributed by atoms with Gasteiger partial charge in [0.25, 0.3) is 5.91 Å². The standard InChI is InChI=1S/C15H16N4O3/c20-15(12-3-1-8-19(21)10-12)18-7-2-4-13(11-18)22-14-9-16-5-6-17-14/h1,3,5-6,8-10,13H,2,4,7,11H2. The number of ether oxygens (including phenoxy) is 1. The van der Waals surface area contributed by atoms with Crippen LogP contribution in [0.1, 0.15) is 23.2 Å². The summed E-state index contributed by atoms with van der Waals surface area (Å²) in [7, 11) is 0. The predicted octanol–water partition coefficient (Wildman–Crippen LogP) is 0.794. The molecule has 3 rings (SSSR count). The Bertz CT molecular complexity index is 650. The second-order valence-electron chi connectivity index (χ2n) is 5.13. The molecule has 3 heterocycles. The van der Waals surface area contributed by atoms with Crippen LogP contribution in [0.25, 0.3) is 0 Å². The third-order valence-electron chi connectivity index (χ3n) is 3.51. The monoisotopic (exact) mass is 300 g/mol. The summed E-state index contributed by atoms with van der Waals surface area (Å²) in [6, 6.07) is 3.21. The first kappa shape index (κ1) is 14.2. The molecule has 0 aliphatic carbocycles. The minimum atomic E-state index is -0.155. The van der Waals surface area contributed by atoms with Gasteiger partial charge in [0.2, 0.25) is 5.88 Å². The number of aromatic nitrogens is 3. The average Bonchev–Trinajstić information content (AvgIpc) is 2.55. The second-order valence-corrected chi connectivity index (χ2v) is 5.13. The normalized spacial score (nSPS) is 18.0. The van der Waals surface area contributed by atoms with Gasteiger partial charge in [-0.25, -0.2) is 4.98 Å². The summed E-state index contributed by atoms with van der Waals surface area (Å²) in [4.78, 5) is 22.2. The number of likely N-dealkylation sites (tertiary alicyclic amines) is 1. The van der Waals surface area contributed by atoms with Crippen molar-refractivity contribution in [2.24, 2.45) is 0 Å². The first-order valence-corrected chi connectivity index (χ1v) is 7.13. The van der Waals surface area contributed by atoms with Crippen LogP contribution in [0.2, 0.25) is 0 Å². The highest BCUT2D eigenvalue weighted by molar-refractivity contribution is 5.93. The molecule has 2 aromatic heterocycles. The van der Waals surface area contributed by atoms with E-state index in [4.69, 9.17) is 4.74 Å². The molecule has 0 radical (unpaired) electrons. The van der Waals surface area contributed by atoms with Gasteiger partial charge in [-0.2, -0.15) is 4.73 Å². The first-order valence-electron chi connectivity index (χ1n) is 7.13. The number of rotatable bonds is 3. The summed E-state index contributed by atoms with van der Waals surface area (Å²) >= 11 is 0. The first-order chi connectivity index (χ1) is 10.7. The van der Waals surface area contributed by atoms with Gasteiger partial charge >= 0.3 is 0 Å². The molecule has 0 N–H and O–H groups in total. The molecular weight excluding hydrogens is 284 g/mol. The van der Waals surface area contributed by atoms with Crippen LogP contribution in [0.4, 0.5) is 0 Å². The molecule has 7 heteroatoms. The van der Waals surface area contributed by atoms with Crippen LogP contribution in [0.5, 0.6) is 5.88 Å². The SMILES string of the molecule is O=C(c1ccc[n+]([O-])c1)N1CCCC(Oc2cnccn2)C1. The Morgan fingerprint density at radius 3 is 3.14 bits per heavy atom. The van der Waals surface area contributed by atoms with Gasteiger partial charge in [0, 0.05) is 25.0 Å². The van der Waals surface area contributed by atoms with Crippen LogP contribution in [0, 0.1) is 5.21 Å². The molecule has 0 bridgehead atoms. The van der Waals surface area contributed by atoms with Crippen molar-refractivity contribution in [1.82, 2.24) is 14.9 Å². The lowest BCUT2D eigenvalue weighted by Gasteiger charge is -2.32. The fourth-order valence-electron chi connectivity index (χ4n) is 2.50. The topological polar surface area (TPSA) is 82.3 Å². The van der Waals surface area contributed by atoms with Crippen molar-refractivity contribution in [3.63, 3.8) is 0 Å². The van der Waals surface area contributed by atoms with Crippen molar-refractivity contribution in [2.45, 2.75) is 18.9 Å². The highest BCUT2D eigenvalue weighted by atomic mass is 16.5. The summed E-state index contributed by atoms with van der Waals surface area (Å²) in [5.41, 5.74) is 0.387. The lowest BCUT2D eigenvalue weighted by atomic mass is 10.1. The molecule has 1 amide bonds. The van der Waals surface area contributed by atoms with E-state index >= 15 is 0 Å². The number of hydrogen-bond donors (Lipinski definition) is 0. The Labute approximate surface area is 127 Å². The molecule has 1 fully saturated rings. The van der Waals surface area contributed by atoms with E-state index in [-0.39, 0.29) is 12.0 Å². The molecule has 7 nitrogen and oxygen atoms in total. The molecular formula is C15H16N4O3. The zero-order chi connectivity index (χ0) is 15.4. The van der Waals surface area contributed by atoms with Crippen LogP contribution < -0.4 is 9.47 Å². The number of carbonyl (C=O) groups is 1. The number of piperidine rings is 1. The van der Waals surface area contributed by atoms with Gasteiger partial charge in [0.05, 0.1) is 12.7 Å². The van der Waals surface area contributed by atoms with Crippen molar-refractivity contribution >= 4 is 5.91 Å². The molecule has 2 aromatic rings. The van der Waals surface area contributed by atoms with E-state index in [2.05, 4.69) is 9.97 Å². The van der Waals surface area contributed by atoms with Crippen LogP contribution in [-0.4, -0.2) is 40.0 Å². The molecule has 0 saturated carbocycles. The van der Waals surface area contributed by atoms with E-state index in [9.17, 15) is 10.0 Å². The second kappa shape index (κ2) is 6.38. The van der Waals surface area contributed by atoms with Crippen molar-refractivity contribution in [3.05, 3.63) is 53.9 Å². The molecule has 0 aromatic carbocycles. The number of nitrogens with zero attached hydrogens (tertiary/aromatic N) is 4. The molecule has 1 atom stereocenters. The highest BCUT2D eigenvalue weighted by Crippen LogP contribution is 2.17. The van der Waals surface area contributed by atoms with Crippen molar-refractivity contribution < 1.29 is 14.3 Å². The number of hydrogen-bond acceptors (Lipinski definition) is 5. The maximum atomic E-state index is 12.4. The highest BCUT2D eigenvalue weighted by Gasteiger charge is 2.26. The largest absolute Gasteiger partial charge is 0.619 e. The number of amides is 1. The minimum Gasteiger partial charge on any atom is -0.619 e. The number of carbonyl (C=O) groups excluding carboxylic acids is 1. The van der Waals surface area contributed by atoms with Gasteiger partial charge in [0.1, 0.15) is 11.7 Å². The van der Waals surface area contributed by atoms with E-state index in [1.54, 1.807) is 35.6 Å². The molecule has 1 aliphatic heterocycles. The zero-order valence-corrected chi connectivity index (χ0v) is 12.0. The lowest BCUT2D eigenvalue weighted by Crippen LogP contribution is -2.45. The maximum Gasteiger partial charge on any atom is 0.260 e. The quantitative estimate of drug-likeness (QED) is 0.618. The average molecular weight is 300 g/mol. The Balaban J connectivity index is 1.66. The molecule has 1 unspecified atom stereocenters. The van der Waals surface area contributed by atoms with E-state index in [1.165, 1.54) is 12.4 Å². The Kier molecular flexibility index (Phi) is 4.13. The zero-order valence-electron chi connectivity index (χ0n) is 12.0. The number of pyridine rings is 1. The Morgan fingerprint density at radius 1 is 1.45 bits per heavy atom. The predicted molar refractivity (Wildman–Crippen MR) is 77.0 cm³/mol. The molecule has 114 valence electrons. The van der Waals surface area contributed by atoms with Crippen LogP contribution in [0.3, 0.4) is 0 Å². The van der Waals surface area contributed by atoms with Crippen LogP contribution in [0.15, 0.2) is 43.1 Å². The van der Waals surface area contributed by atoms with Crippen molar-refractivity contribution in [2.75, 3.05) is 13.1 Å². The fraction of sp³-hybridized carbons (Fsp3) is 0.333. The summed E-state index contributed by atoms with van der Waals surface area (Å²) < 4.78 is 6.39. The summed E-state index contributed by atoms with van der Waals surface area (Å²) in [6.07, 6.45) is 8.94. The summed E-state index contributed by atoms with van der Waals surface area (Å²) in [5, 5.41) is 11.3.